The summed E-state index contributed by atoms with van der Waals surface area (Å²) in [6.07, 6.45) is 2.51. The minimum absolute atomic E-state index is 0.530. The maximum Gasteiger partial charge on any atom is 0.0320 e. The fourth-order valence-electron chi connectivity index (χ4n) is 3.04. The van der Waals surface area contributed by atoms with Gasteiger partial charge in [-0.1, -0.05) is 29.3 Å². The van der Waals surface area contributed by atoms with E-state index in [-0.39, 0.29) is 0 Å². The molecule has 0 aromatic heterocycles. The van der Waals surface area contributed by atoms with Crippen molar-refractivity contribution in [1.29, 1.82) is 0 Å². The highest BCUT2D eigenvalue weighted by molar-refractivity contribution is 5.30. The molecule has 0 aliphatic carbocycles. The van der Waals surface area contributed by atoms with Gasteiger partial charge in [0, 0.05) is 6.04 Å². The Morgan fingerprint density at radius 2 is 1.72 bits per heavy atom. The molecule has 1 aromatic carbocycles. The highest BCUT2D eigenvalue weighted by atomic mass is 15.2. The minimum atomic E-state index is 0.530. The van der Waals surface area contributed by atoms with E-state index in [9.17, 15) is 0 Å². The molecule has 1 atom stereocenters. The third-order valence-electron chi connectivity index (χ3n) is 4.26. The van der Waals surface area contributed by atoms with E-state index in [1.807, 2.05) is 0 Å². The van der Waals surface area contributed by atoms with Crippen molar-refractivity contribution < 1.29 is 0 Å². The zero-order valence-corrected chi connectivity index (χ0v) is 11.9. The first-order valence-corrected chi connectivity index (χ1v) is 7.12. The van der Waals surface area contributed by atoms with Crippen molar-refractivity contribution in [1.82, 2.24) is 4.90 Å². The zero-order chi connectivity index (χ0) is 13.1. The lowest BCUT2D eigenvalue weighted by atomic mass is 9.94. The number of hydrogen-bond acceptors (Lipinski definition) is 2. The summed E-state index contributed by atoms with van der Waals surface area (Å²) in [6.45, 7) is 9.93. The molecule has 2 heteroatoms. The van der Waals surface area contributed by atoms with Crippen LogP contribution >= 0.6 is 0 Å². The number of likely N-dealkylation sites (tertiary alicyclic amines) is 1. The molecule has 0 spiro atoms. The average molecular weight is 246 g/mol. The summed E-state index contributed by atoms with van der Waals surface area (Å²) in [6, 6.07) is 7.43. The first kappa shape index (κ1) is 13.6. The highest BCUT2D eigenvalue weighted by Crippen LogP contribution is 2.27. The molecule has 18 heavy (non-hydrogen) atoms. The minimum Gasteiger partial charge on any atom is -0.330 e. The molecule has 2 N–H and O–H groups in total. The topological polar surface area (TPSA) is 29.3 Å². The summed E-state index contributed by atoms with van der Waals surface area (Å²) in [5.41, 5.74) is 9.95. The molecule has 100 valence electrons. The predicted octanol–water partition coefficient (Wildman–Crippen LogP) is 3.04. The monoisotopic (exact) mass is 246 g/mol. The van der Waals surface area contributed by atoms with Crippen LogP contribution in [0.25, 0.3) is 0 Å². The van der Waals surface area contributed by atoms with Crippen molar-refractivity contribution >= 4 is 0 Å². The lowest BCUT2D eigenvalue weighted by Gasteiger charge is -2.36. The van der Waals surface area contributed by atoms with Gasteiger partial charge in [0.2, 0.25) is 0 Å². The van der Waals surface area contributed by atoms with Gasteiger partial charge in [0.1, 0.15) is 0 Å². The van der Waals surface area contributed by atoms with Gasteiger partial charge in [-0.25, -0.2) is 0 Å². The number of nitrogens with zero attached hydrogens (tertiary/aromatic N) is 1. The summed E-state index contributed by atoms with van der Waals surface area (Å²) in [5, 5.41) is 0. The molecule has 2 rings (SSSR count). The Morgan fingerprint density at radius 3 is 2.22 bits per heavy atom. The molecule has 0 radical (unpaired) electrons. The summed E-state index contributed by atoms with van der Waals surface area (Å²) in [5.74, 6) is 0.743. The van der Waals surface area contributed by atoms with E-state index in [0.717, 1.165) is 12.5 Å². The van der Waals surface area contributed by atoms with Gasteiger partial charge in [0.05, 0.1) is 0 Å². The molecule has 2 nitrogen and oxygen atoms in total. The summed E-state index contributed by atoms with van der Waals surface area (Å²) >= 11 is 0. The van der Waals surface area contributed by atoms with Crippen LogP contribution in [0.1, 0.15) is 42.5 Å². The van der Waals surface area contributed by atoms with E-state index in [0.29, 0.717) is 6.04 Å². The van der Waals surface area contributed by atoms with Gasteiger partial charge in [-0.05, 0) is 64.7 Å². The van der Waals surface area contributed by atoms with Crippen molar-refractivity contribution in [2.45, 2.75) is 39.7 Å². The van der Waals surface area contributed by atoms with Crippen molar-refractivity contribution in [3.63, 3.8) is 0 Å². The second-order valence-electron chi connectivity index (χ2n) is 5.81. The van der Waals surface area contributed by atoms with Crippen molar-refractivity contribution in [3.05, 3.63) is 34.9 Å². The molecule has 1 aliphatic rings. The SMILES string of the molecule is Cc1cc(C)cc(C(C)N2CCC(CN)CC2)c1. The van der Waals surface area contributed by atoms with Crippen LogP contribution < -0.4 is 5.73 Å². The van der Waals surface area contributed by atoms with Gasteiger partial charge in [0.25, 0.3) is 0 Å². The Bertz CT molecular complexity index is 372. The molecular formula is C16H26N2. The van der Waals surface area contributed by atoms with E-state index in [2.05, 4.69) is 43.9 Å². The van der Waals surface area contributed by atoms with Gasteiger partial charge in [0.15, 0.2) is 0 Å². The Morgan fingerprint density at radius 1 is 1.17 bits per heavy atom. The number of aryl methyl sites for hydroxylation is 2. The summed E-state index contributed by atoms with van der Waals surface area (Å²) in [7, 11) is 0. The maximum atomic E-state index is 5.76. The predicted molar refractivity (Wildman–Crippen MR) is 77.7 cm³/mol. The van der Waals surface area contributed by atoms with E-state index >= 15 is 0 Å². The normalized spacial score (nSPS) is 20.0. The van der Waals surface area contributed by atoms with Crippen LogP contribution in [0.5, 0.6) is 0 Å². The van der Waals surface area contributed by atoms with Crippen LogP contribution in [0.3, 0.4) is 0 Å². The largest absolute Gasteiger partial charge is 0.330 e. The zero-order valence-electron chi connectivity index (χ0n) is 11.9. The van der Waals surface area contributed by atoms with Crippen molar-refractivity contribution in [3.8, 4) is 0 Å². The van der Waals surface area contributed by atoms with Crippen LogP contribution in [0.15, 0.2) is 18.2 Å². The Hall–Kier alpha value is -0.860. The van der Waals surface area contributed by atoms with Gasteiger partial charge in [-0.3, -0.25) is 4.90 Å². The Kier molecular flexibility index (Phi) is 4.41. The molecule has 1 fully saturated rings. The number of rotatable bonds is 3. The second kappa shape index (κ2) is 5.85. The molecule has 1 unspecified atom stereocenters. The smallest absolute Gasteiger partial charge is 0.0320 e. The average Bonchev–Trinajstić information content (AvgIpc) is 2.37. The molecule has 0 amide bonds. The summed E-state index contributed by atoms with van der Waals surface area (Å²) in [4.78, 5) is 2.60. The van der Waals surface area contributed by atoms with Crippen LogP contribution in [0, 0.1) is 19.8 Å². The highest BCUT2D eigenvalue weighted by Gasteiger charge is 2.22. The number of nitrogens with two attached hydrogens (primary N) is 1. The fraction of sp³-hybridized carbons (Fsp3) is 0.625. The van der Waals surface area contributed by atoms with Crippen LogP contribution in [0.2, 0.25) is 0 Å². The number of benzene rings is 1. The molecular weight excluding hydrogens is 220 g/mol. The Labute approximate surface area is 111 Å². The lowest BCUT2D eigenvalue weighted by Crippen LogP contribution is -2.37. The molecule has 0 saturated carbocycles. The quantitative estimate of drug-likeness (QED) is 0.888. The van der Waals surface area contributed by atoms with E-state index in [1.165, 1.54) is 42.6 Å². The maximum absolute atomic E-state index is 5.76. The van der Waals surface area contributed by atoms with E-state index < -0.39 is 0 Å². The standard InChI is InChI=1S/C16H26N2/c1-12-8-13(2)10-16(9-12)14(3)18-6-4-15(11-17)5-7-18/h8-10,14-15H,4-7,11,17H2,1-3H3. The van der Waals surface area contributed by atoms with Crippen molar-refractivity contribution in [2.24, 2.45) is 11.7 Å². The molecule has 1 aliphatic heterocycles. The second-order valence-corrected chi connectivity index (χ2v) is 5.81. The summed E-state index contributed by atoms with van der Waals surface area (Å²) < 4.78 is 0. The molecule has 1 heterocycles. The van der Waals surface area contributed by atoms with Crippen LogP contribution in [-0.2, 0) is 0 Å². The van der Waals surface area contributed by atoms with E-state index in [4.69, 9.17) is 5.73 Å². The van der Waals surface area contributed by atoms with Gasteiger partial charge in [-0.15, -0.1) is 0 Å². The lowest BCUT2D eigenvalue weighted by molar-refractivity contribution is 0.143. The first-order chi connectivity index (χ1) is 8.60. The molecule has 0 bridgehead atoms. The third-order valence-corrected chi connectivity index (χ3v) is 4.26. The molecule has 1 aromatic rings. The number of piperidine rings is 1. The first-order valence-electron chi connectivity index (χ1n) is 7.12. The number of hydrogen-bond donors (Lipinski definition) is 1. The van der Waals surface area contributed by atoms with Crippen LogP contribution in [0.4, 0.5) is 0 Å². The van der Waals surface area contributed by atoms with E-state index in [1.54, 1.807) is 0 Å². The van der Waals surface area contributed by atoms with Gasteiger partial charge < -0.3 is 5.73 Å². The molecule has 1 saturated heterocycles. The van der Waals surface area contributed by atoms with Gasteiger partial charge in [-0.2, -0.15) is 0 Å². The van der Waals surface area contributed by atoms with Crippen molar-refractivity contribution in [2.75, 3.05) is 19.6 Å². The van der Waals surface area contributed by atoms with Crippen LogP contribution in [-0.4, -0.2) is 24.5 Å². The fourth-order valence-corrected chi connectivity index (χ4v) is 3.04. The van der Waals surface area contributed by atoms with Gasteiger partial charge >= 0.3 is 0 Å². The Balaban J connectivity index is 2.05. The third kappa shape index (κ3) is 3.12.